The van der Waals surface area contributed by atoms with Crippen LogP contribution in [-0.4, -0.2) is 24.4 Å². The van der Waals surface area contributed by atoms with E-state index in [9.17, 15) is 4.79 Å². The summed E-state index contributed by atoms with van der Waals surface area (Å²) in [6.07, 6.45) is 5.32. The summed E-state index contributed by atoms with van der Waals surface area (Å²) in [7, 11) is 1.85. The van der Waals surface area contributed by atoms with Gasteiger partial charge in [-0.05, 0) is 25.8 Å². The van der Waals surface area contributed by atoms with Gasteiger partial charge in [-0.3, -0.25) is 4.79 Å². The van der Waals surface area contributed by atoms with Gasteiger partial charge in [-0.1, -0.05) is 26.7 Å². The van der Waals surface area contributed by atoms with Crippen LogP contribution in [0.2, 0.25) is 0 Å². The predicted octanol–water partition coefficient (Wildman–Crippen LogP) is 3.09. The fourth-order valence-electron chi connectivity index (χ4n) is 2.89. The first kappa shape index (κ1) is 16.8. The summed E-state index contributed by atoms with van der Waals surface area (Å²) in [5, 5.41) is 0. The lowest BCUT2D eigenvalue weighted by molar-refractivity contribution is -0.142. The van der Waals surface area contributed by atoms with Gasteiger partial charge >= 0.3 is 0 Å². The van der Waals surface area contributed by atoms with Crippen LogP contribution < -0.4 is 5.73 Å². The first-order chi connectivity index (χ1) is 9.50. The summed E-state index contributed by atoms with van der Waals surface area (Å²) >= 11 is 0. The van der Waals surface area contributed by atoms with Crippen LogP contribution in [-0.2, 0) is 11.3 Å². The maximum atomic E-state index is 12.8. The molecule has 1 rings (SSSR count). The van der Waals surface area contributed by atoms with Crippen molar-refractivity contribution in [3.63, 3.8) is 0 Å². The van der Waals surface area contributed by atoms with Crippen LogP contribution in [0.15, 0.2) is 16.7 Å². The van der Waals surface area contributed by atoms with Crippen LogP contribution >= 0.6 is 0 Å². The number of nitrogens with zero attached hydrogens (tertiary/aromatic N) is 1. The number of furan rings is 1. The summed E-state index contributed by atoms with van der Waals surface area (Å²) in [5.74, 6) is 1.03. The third kappa shape index (κ3) is 3.63. The zero-order valence-corrected chi connectivity index (χ0v) is 13.2. The van der Waals surface area contributed by atoms with Gasteiger partial charge in [0.05, 0.1) is 11.7 Å². The van der Waals surface area contributed by atoms with Crippen LogP contribution in [0.25, 0.3) is 0 Å². The van der Waals surface area contributed by atoms with Gasteiger partial charge < -0.3 is 15.1 Å². The van der Waals surface area contributed by atoms with Gasteiger partial charge in [0.2, 0.25) is 5.91 Å². The summed E-state index contributed by atoms with van der Waals surface area (Å²) in [6, 6.07) is 1.92. The van der Waals surface area contributed by atoms with Crippen LogP contribution in [0.3, 0.4) is 0 Å². The van der Waals surface area contributed by atoms with E-state index in [1.54, 1.807) is 11.2 Å². The zero-order chi connectivity index (χ0) is 15.2. The summed E-state index contributed by atoms with van der Waals surface area (Å²) in [4.78, 5) is 14.6. The van der Waals surface area contributed by atoms with Crippen molar-refractivity contribution in [2.75, 3.05) is 13.6 Å². The second kappa shape index (κ2) is 7.48. The van der Waals surface area contributed by atoms with Crippen molar-refractivity contribution in [1.29, 1.82) is 0 Å². The van der Waals surface area contributed by atoms with Gasteiger partial charge in [-0.15, -0.1) is 0 Å². The smallest absolute Gasteiger partial charge is 0.230 e. The Morgan fingerprint density at radius 2 is 1.95 bits per heavy atom. The molecule has 0 bridgehead atoms. The molecule has 0 spiro atoms. The average molecular weight is 280 g/mol. The lowest BCUT2D eigenvalue weighted by atomic mass is 9.78. The number of hydrogen-bond donors (Lipinski definition) is 1. The Labute approximate surface area is 122 Å². The van der Waals surface area contributed by atoms with E-state index in [0.29, 0.717) is 13.1 Å². The van der Waals surface area contributed by atoms with E-state index < -0.39 is 5.41 Å². The average Bonchev–Trinajstić information content (AvgIpc) is 2.83. The molecule has 1 aromatic rings. The molecule has 0 aliphatic carbocycles. The van der Waals surface area contributed by atoms with E-state index in [1.807, 2.05) is 20.0 Å². The van der Waals surface area contributed by atoms with Crippen molar-refractivity contribution in [2.45, 2.75) is 53.0 Å². The molecule has 114 valence electrons. The molecule has 4 heteroatoms. The lowest BCUT2D eigenvalue weighted by Gasteiger charge is -2.34. The van der Waals surface area contributed by atoms with Crippen molar-refractivity contribution in [3.8, 4) is 0 Å². The van der Waals surface area contributed by atoms with Gasteiger partial charge in [0, 0.05) is 25.7 Å². The molecule has 0 aliphatic rings. The highest BCUT2D eigenvalue weighted by atomic mass is 16.3. The third-order valence-electron chi connectivity index (χ3n) is 4.02. The van der Waals surface area contributed by atoms with E-state index >= 15 is 0 Å². The Bertz CT molecular complexity index is 420. The zero-order valence-electron chi connectivity index (χ0n) is 13.2. The Balaban J connectivity index is 2.85. The molecule has 0 saturated heterocycles. The molecule has 20 heavy (non-hydrogen) atoms. The summed E-state index contributed by atoms with van der Waals surface area (Å²) in [6.45, 7) is 7.13. The number of amides is 1. The number of carbonyl (C=O) groups excluding carboxylic acids is 1. The van der Waals surface area contributed by atoms with Crippen LogP contribution in [0.4, 0.5) is 0 Å². The summed E-state index contributed by atoms with van der Waals surface area (Å²) < 4.78 is 5.29. The quantitative estimate of drug-likeness (QED) is 0.796. The Hall–Kier alpha value is -1.29. The molecule has 2 N–H and O–H groups in total. The Morgan fingerprint density at radius 3 is 2.35 bits per heavy atom. The van der Waals surface area contributed by atoms with E-state index in [-0.39, 0.29) is 5.91 Å². The molecule has 1 heterocycles. The minimum atomic E-state index is -0.407. The molecule has 0 fully saturated rings. The molecule has 0 saturated carbocycles. The molecule has 0 aliphatic heterocycles. The minimum Gasteiger partial charge on any atom is -0.469 e. The van der Waals surface area contributed by atoms with Crippen molar-refractivity contribution in [2.24, 2.45) is 11.1 Å². The van der Waals surface area contributed by atoms with E-state index in [4.69, 9.17) is 10.2 Å². The Kier molecular flexibility index (Phi) is 6.27. The molecule has 1 amide bonds. The van der Waals surface area contributed by atoms with Gasteiger partial charge in [0.1, 0.15) is 5.76 Å². The molecule has 0 aromatic carbocycles. The highest BCUT2D eigenvalue weighted by Gasteiger charge is 2.37. The number of hydrogen-bond acceptors (Lipinski definition) is 3. The van der Waals surface area contributed by atoms with Gasteiger partial charge in [-0.25, -0.2) is 0 Å². The normalized spacial score (nSPS) is 11.7. The number of aryl methyl sites for hydroxylation is 1. The second-order valence-corrected chi connectivity index (χ2v) is 5.65. The Morgan fingerprint density at radius 1 is 1.35 bits per heavy atom. The van der Waals surface area contributed by atoms with Gasteiger partial charge in [0.15, 0.2) is 0 Å². The predicted molar refractivity (Wildman–Crippen MR) is 81.2 cm³/mol. The number of rotatable bonds is 8. The van der Waals surface area contributed by atoms with Crippen molar-refractivity contribution < 1.29 is 9.21 Å². The van der Waals surface area contributed by atoms with E-state index in [1.165, 1.54) is 0 Å². The molecule has 0 unspecified atom stereocenters. The van der Waals surface area contributed by atoms with E-state index in [0.717, 1.165) is 37.0 Å². The maximum absolute atomic E-state index is 12.8. The fraction of sp³-hybridized carbons (Fsp3) is 0.688. The van der Waals surface area contributed by atoms with Crippen LogP contribution in [0, 0.1) is 12.3 Å². The number of nitrogens with two attached hydrogens (primary N) is 1. The maximum Gasteiger partial charge on any atom is 0.230 e. The molecule has 1 aromatic heterocycles. The van der Waals surface area contributed by atoms with Gasteiger partial charge in [0.25, 0.3) is 0 Å². The molecular weight excluding hydrogens is 252 g/mol. The highest BCUT2D eigenvalue weighted by molar-refractivity contribution is 5.82. The van der Waals surface area contributed by atoms with Crippen molar-refractivity contribution in [1.82, 2.24) is 4.90 Å². The molecular formula is C16H28N2O2. The second-order valence-electron chi connectivity index (χ2n) is 5.65. The standard InChI is InChI=1S/C16H28N2O2/c1-5-8-16(12-17,9-6-2)15(19)18(4)11-14-7-10-20-13(14)3/h7,10H,5-6,8-9,11-12,17H2,1-4H3. The van der Waals surface area contributed by atoms with Crippen molar-refractivity contribution >= 4 is 5.91 Å². The van der Waals surface area contributed by atoms with Gasteiger partial charge in [-0.2, -0.15) is 0 Å². The van der Waals surface area contributed by atoms with Crippen LogP contribution in [0.1, 0.15) is 50.9 Å². The summed E-state index contributed by atoms with van der Waals surface area (Å²) in [5.41, 5.74) is 6.60. The third-order valence-corrected chi connectivity index (χ3v) is 4.02. The molecule has 4 nitrogen and oxygen atoms in total. The fourth-order valence-corrected chi connectivity index (χ4v) is 2.89. The van der Waals surface area contributed by atoms with Crippen molar-refractivity contribution in [3.05, 3.63) is 23.7 Å². The topological polar surface area (TPSA) is 59.5 Å². The molecule has 0 atom stereocenters. The monoisotopic (exact) mass is 280 g/mol. The number of carbonyl (C=O) groups is 1. The largest absolute Gasteiger partial charge is 0.469 e. The highest BCUT2D eigenvalue weighted by Crippen LogP contribution is 2.31. The first-order valence-electron chi connectivity index (χ1n) is 7.49. The first-order valence-corrected chi connectivity index (χ1v) is 7.49. The minimum absolute atomic E-state index is 0.157. The molecule has 0 radical (unpaired) electrons. The van der Waals surface area contributed by atoms with E-state index in [2.05, 4.69) is 13.8 Å². The lowest BCUT2D eigenvalue weighted by Crippen LogP contribution is -2.46. The van der Waals surface area contributed by atoms with Crippen LogP contribution in [0.5, 0.6) is 0 Å². The SMILES string of the molecule is CCCC(CN)(CCC)C(=O)N(C)Cc1ccoc1C.